The Morgan fingerprint density at radius 2 is 1.79 bits per heavy atom. The molecule has 0 aliphatic rings. The van der Waals surface area contributed by atoms with Gasteiger partial charge in [-0.25, -0.2) is 4.98 Å². The van der Waals surface area contributed by atoms with Crippen LogP contribution in [0.4, 0.5) is 0 Å². The van der Waals surface area contributed by atoms with Crippen LogP contribution in [0.2, 0.25) is 0 Å². The Kier molecular flexibility index (Phi) is 3.27. The molecule has 0 unspecified atom stereocenters. The van der Waals surface area contributed by atoms with Gasteiger partial charge < -0.3 is 4.98 Å². The highest BCUT2D eigenvalue weighted by molar-refractivity contribution is 6.10. The number of nitrogens with one attached hydrogen (secondary N) is 1. The fraction of sp³-hybridized carbons (Fsp3) is 0.200. The van der Waals surface area contributed by atoms with Crippen LogP contribution in [-0.2, 0) is 0 Å². The summed E-state index contributed by atoms with van der Waals surface area (Å²) in [5.41, 5.74) is 4.80. The molecule has 4 heteroatoms. The van der Waals surface area contributed by atoms with Crippen LogP contribution in [0.1, 0.15) is 37.0 Å². The average molecular weight is 317 g/mol. The Morgan fingerprint density at radius 3 is 2.46 bits per heavy atom. The van der Waals surface area contributed by atoms with Gasteiger partial charge in [0.2, 0.25) is 5.91 Å². The zero-order chi connectivity index (χ0) is 16.8. The van der Waals surface area contributed by atoms with Crippen molar-refractivity contribution in [1.82, 2.24) is 14.5 Å². The average Bonchev–Trinajstić information content (AvgIpc) is 3.11. The molecule has 2 heterocycles. The molecule has 24 heavy (non-hydrogen) atoms. The minimum absolute atomic E-state index is 0.0330. The molecule has 0 amide bonds. The first kappa shape index (κ1) is 14.7. The minimum atomic E-state index is -0.0330. The molecule has 0 atom stereocenters. The summed E-state index contributed by atoms with van der Waals surface area (Å²) in [6.07, 6.45) is 0. The van der Waals surface area contributed by atoms with E-state index in [1.54, 1.807) is 11.5 Å². The topological polar surface area (TPSA) is 50.7 Å². The van der Waals surface area contributed by atoms with Crippen LogP contribution >= 0.6 is 0 Å². The second-order valence-electron chi connectivity index (χ2n) is 6.43. The van der Waals surface area contributed by atoms with Crippen molar-refractivity contribution in [2.45, 2.75) is 26.7 Å². The highest BCUT2D eigenvalue weighted by Crippen LogP contribution is 2.30. The third kappa shape index (κ3) is 2.14. The van der Waals surface area contributed by atoms with Gasteiger partial charge >= 0.3 is 0 Å². The number of hydrogen-bond donors (Lipinski definition) is 1. The maximum atomic E-state index is 12.1. The molecule has 0 aliphatic heterocycles. The third-order valence-corrected chi connectivity index (χ3v) is 4.48. The number of para-hydroxylation sites is 1. The number of carbonyl (C=O) groups excluding carboxylic acids is 1. The van der Waals surface area contributed by atoms with Crippen LogP contribution in [0.5, 0.6) is 0 Å². The summed E-state index contributed by atoms with van der Waals surface area (Å²) in [4.78, 5) is 20.2. The molecule has 0 aliphatic carbocycles. The standard InChI is InChI=1S/C20H19N3O/c1-12(2)14-8-10-15(11-9-14)19-21-18-16-6-4-5-7-17(16)23(13(3)24)20(18)22-19/h4-12H,1-3H3,(H,21,22). The van der Waals surface area contributed by atoms with Gasteiger partial charge in [-0.2, -0.15) is 0 Å². The van der Waals surface area contributed by atoms with Gasteiger partial charge in [-0.3, -0.25) is 9.36 Å². The smallest absolute Gasteiger partial charge is 0.229 e. The van der Waals surface area contributed by atoms with Gasteiger partial charge in [-0.15, -0.1) is 0 Å². The molecule has 0 bridgehead atoms. The highest BCUT2D eigenvalue weighted by Gasteiger charge is 2.17. The number of nitrogens with zero attached hydrogens (tertiary/aromatic N) is 2. The van der Waals surface area contributed by atoms with Crippen LogP contribution in [0.25, 0.3) is 33.5 Å². The first-order chi connectivity index (χ1) is 11.6. The molecule has 0 saturated carbocycles. The molecular formula is C20H19N3O. The van der Waals surface area contributed by atoms with E-state index in [-0.39, 0.29) is 5.91 Å². The molecule has 2 aromatic heterocycles. The number of fused-ring (bicyclic) bond motifs is 3. The molecule has 4 rings (SSSR count). The molecule has 4 nitrogen and oxygen atoms in total. The number of hydrogen-bond acceptors (Lipinski definition) is 2. The van der Waals surface area contributed by atoms with Gasteiger partial charge in [0.25, 0.3) is 0 Å². The Labute approximate surface area is 140 Å². The Balaban J connectivity index is 1.92. The van der Waals surface area contributed by atoms with Crippen molar-refractivity contribution in [2.75, 3.05) is 0 Å². The summed E-state index contributed by atoms with van der Waals surface area (Å²) >= 11 is 0. The molecular weight excluding hydrogens is 298 g/mol. The van der Waals surface area contributed by atoms with Crippen LogP contribution < -0.4 is 0 Å². The highest BCUT2D eigenvalue weighted by atomic mass is 16.1. The molecule has 0 fully saturated rings. The third-order valence-electron chi connectivity index (χ3n) is 4.48. The van der Waals surface area contributed by atoms with E-state index in [1.165, 1.54) is 5.56 Å². The second-order valence-corrected chi connectivity index (χ2v) is 6.43. The van der Waals surface area contributed by atoms with Crippen molar-refractivity contribution in [3.05, 3.63) is 54.1 Å². The predicted octanol–water partition coefficient (Wildman–Crippen LogP) is 4.97. The zero-order valence-electron chi connectivity index (χ0n) is 14.0. The maximum Gasteiger partial charge on any atom is 0.229 e. The molecule has 1 N–H and O–H groups in total. The number of rotatable bonds is 2. The van der Waals surface area contributed by atoms with E-state index in [9.17, 15) is 4.79 Å². The first-order valence-corrected chi connectivity index (χ1v) is 8.16. The van der Waals surface area contributed by atoms with Gasteiger partial charge in [0.1, 0.15) is 5.82 Å². The van der Waals surface area contributed by atoms with E-state index < -0.39 is 0 Å². The normalized spacial score (nSPS) is 11.7. The summed E-state index contributed by atoms with van der Waals surface area (Å²) in [6, 6.07) is 16.3. The van der Waals surface area contributed by atoms with Gasteiger partial charge in [0.15, 0.2) is 5.65 Å². The van der Waals surface area contributed by atoms with E-state index >= 15 is 0 Å². The molecule has 0 saturated heterocycles. The predicted molar refractivity (Wildman–Crippen MR) is 97.4 cm³/mol. The number of aromatic amines is 1. The zero-order valence-corrected chi connectivity index (χ0v) is 14.0. The molecule has 2 aromatic carbocycles. The lowest BCUT2D eigenvalue weighted by Gasteiger charge is -2.05. The van der Waals surface area contributed by atoms with Crippen molar-refractivity contribution < 1.29 is 4.79 Å². The van der Waals surface area contributed by atoms with Gasteiger partial charge in [0.05, 0.1) is 11.0 Å². The molecule has 0 radical (unpaired) electrons. The Morgan fingerprint density at radius 1 is 1.08 bits per heavy atom. The van der Waals surface area contributed by atoms with Crippen LogP contribution in [0.15, 0.2) is 48.5 Å². The second kappa shape index (κ2) is 5.34. The fourth-order valence-corrected chi connectivity index (χ4v) is 3.19. The number of H-pyrrole nitrogens is 1. The quantitative estimate of drug-likeness (QED) is 0.567. The van der Waals surface area contributed by atoms with E-state index in [0.29, 0.717) is 11.6 Å². The van der Waals surface area contributed by atoms with Gasteiger partial charge in [0, 0.05) is 17.9 Å². The Bertz CT molecular complexity index is 1050. The van der Waals surface area contributed by atoms with E-state index in [0.717, 1.165) is 27.8 Å². The van der Waals surface area contributed by atoms with Crippen LogP contribution in [0, 0.1) is 0 Å². The SMILES string of the molecule is CC(=O)n1c2ccccc2c2[nH]c(-c3ccc(C(C)C)cc3)nc21. The number of aromatic nitrogens is 3. The number of imidazole rings is 1. The first-order valence-electron chi connectivity index (χ1n) is 8.16. The summed E-state index contributed by atoms with van der Waals surface area (Å²) in [5, 5.41) is 1.01. The summed E-state index contributed by atoms with van der Waals surface area (Å²) in [6.45, 7) is 5.92. The minimum Gasteiger partial charge on any atom is -0.336 e. The van der Waals surface area contributed by atoms with Crippen molar-refractivity contribution in [2.24, 2.45) is 0 Å². The van der Waals surface area contributed by atoms with E-state index in [2.05, 4.69) is 43.1 Å². The largest absolute Gasteiger partial charge is 0.336 e. The summed E-state index contributed by atoms with van der Waals surface area (Å²) in [7, 11) is 0. The van der Waals surface area contributed by atoms with Gasteiger partial charge in [-0.05, 0) is 17.5 Å². The van der Waals surface area contributed by atoms with Crippen LogP contribution in [-0.4, -0.2) is 20.4 Å². The molecule has 120 valence electrons. The van der Waals surface area contributed by atoms with Crippen LogP contribution in [0.3, 0.4) is 0 Å². The lowest BCUT2D eigenvalue weighted by molar-refractivity contribution is 0.0946. The van der Waals surface area contributed by atoms with E-state index in [4.69, 9.17) is 4.98 Å². The lowest BCUT2D eigenvalue weighted by Crippen LogP contribution is -2.05. The molecule has 4 aromatic rings. The monoisotopic (exact) mass is 317 g/mol. The van der Waals surface area contributed by atoms with Crippen molar-refractivity contribution in [3.63, 3.8) is 0 Å². The Hall–Kier alpha value is -2.88. The van der Waals surface area contributed by atoms with Crippen molar-refractivity contribution in [3.8, 4) is 11.4 Å². The van der Waals surface area contributed by atoms with Gasteiger partial charge in [-0.1, -0.05) is 56.3 Å². The maximum absolute atomic E-state index is 12.1. The van der Waals surface area contributed by atoms with E-state index in [1.807, 2.05) is 24.3 Å². The molecule has 0 spiro atoms. The van der Waals surface area contributed by atoms with Crippen molar-refractivity contribution in [1.29, 1.82) is 0 Å². The summed E-state index contributed by atoms with van der Waals surface area (Å²) < 4.78 is 1.67. The number of carbonyl (C=O) groups is 1. The number of benzene rings is 2. The lowest BCUT2D eigenvalue weighted by atomic mass is 10.0. The summed E-state index contributed by atoms with van der Waals surface area (Å²) in [5.74, 6) is 1.26. The fourth-order valence-electron chi connectivity index (χ4n) is 3.19. The van der Waals surface area contributed by atoms with Crippen molar-refractivity contribution >= 4 is 28.0 Å².